The average Bonchev–Trinajstić information content (AvgIpc) is 3.26. The first-order chi connectivity index (χ1) is 16.7. The highest BCUT2D eigenvalue weighted by Gasteiger charge is 2.18. The van der Waals surface area contributed by atoms with Gasteiger partial charge in [0.05, 0.1) is 18.6 Å². The van der Waals surface area contributed by atoms with Gasteiger partial charge >= 0.3 is 5.97 Å². The average molecular weight is 494 g/mol. The molecule has 9 nitrogen and oxygen atoms in total. The molecule has 34 heavy (non-hydrogen) atoms. The van der Waals surface area contributed by atoms with E-state index < -0.39 is 0 Å². The number of unbranched alkanes of at least 4 members (excludes halogenated alkanes) is 1. The molecule has 5 rings (SSSR count). The van der Waals surface area contributed by atoms with Crippen molar-refractivity contribution in [2.45, 2.75) is 47.7 Å². The van der Waals surface area contributed by atoms with Crippen molar-refractivity contribution in [1.29, 1.82) is 0 Å². The number of nitrogens with zero attached hydrogens (tertiary/aromatic N) is 6. The number of nitrogens with one attached hydrogen (secondary N) is 1. The summed E-state index contributed by atoms with van der Waals surface area (Å²) in [5, 5.41) is 5.16. The van der Waals surface area contributed by atoms with Crippen LogP contribution in [-0.4, -0.2) is 47.8 Å². The Morgan fingerprint density at radius 2 is 2.06 bits per heavy atom. The summed E-state index contributed by atoms with van der Waals surface area (Å²) in [6.07, 6.45) is 8.91. The molecule has 4 aromatic rings. The monoisotopic (exact) mass is 493 g/mol. The summed E-state index contributed by atoms with van der Waals surface area (Å²) in [4.78, 5) is 34.7. The number of hydrogen-bond acceptors (Lipinski definition) is 10. The minimum absolute atomic E-state index is 0.136. The second-order valence-corrected chi connectivity index (χ2v) is 9.72. The molecular formula is C23H23N7O2S2. The first-order valence-electron chi connectivity index (χ1n) is 11.0. The second-order valence-electron chi connectivity index (χ2n) is 7.60. The van der Waals surface area contributed by atoms with Crippen LogP contribution >= 0.6 is 23.5 Å². The number of thioether (sulfide) groups is 1. The van der Waals surface area contributed by atoms with E-state index in [-0.39, 0.29) is 5.97 Å². The number of ether oxygens (including phenoxy) is 1. The van der Waals surface area contributed by atoms with Gasteiger partial charge in [-0.15, -0.1) is 11.8 Å². The van der Waals surface area contributed by atoms with Gasteiger partial charge < -0.3 is 14.6 Å². The molecule has 0 amide bonds. The Morgan fingerprint density at radius 3 is 2.97 bits per heavy atom. The van der Waals surface area contributed by atoms with Crippen LogP contribution in [0.5, 0.6) is 0 Å². The van der Waals surface area contributed by atoms with Gasteiger partial charge in [-0.3, -0.25) is 4.79 Å². The Morgan fingerprint density at radius 1 is 1.15 bits per heavy atom. The van der Waals surface area contributed by atoms with Gasteiger partial charge in [0.25, 0.3) is 0 Å². The molecule has 11 heteroatoms. The molecule has 0 radical (unpaired) electrons. The van der Waals surface area contributed by atoms with Crippen molar-refractivity contribution in [2.75, 3.05) is 17.7 Å². The summed E-state index contributed by atoms with van der Waals surface area (Å²) >= 11 is 3.28. The molecule has 0 unspecified atom stereocenters. The quantitative estimate of drug-likeness (QED) is 0.134. The van der Waals surface area contributed by atoms with Crippen LogP contribution in [0.25, 0.3) is 11.2 Å². The van der Waals surface area contributed by atoms with Gasteiger partial charge in [0.2, 0.25) is 0 Å². The van der Waals surface area contributed by atoms with Gasteiger partial charge in [-0.05, 0) is 43.2 Å². The maximum Gasteiger partial charge on any atom is 0.305 e. The van der Waals surface area contributed by atoms with Gasteiger partial charge in [-0.1, -0.05) is 17.8 Å². The maximum atomic E-state index is 11.5. The van der Waals surface area contributed by atoms with Gasteiger partial charge in [0.15, 0.2) is 11.5 Å². The number of carbonyl (C=O) groups is 1. The van der Waals surface area contributed by atoms with E-state index in [9.17, 15) is 4.79 Å². The van der Waals surface area contributed by atoms with Gasteiger partial charge in [-0.2, -0.15) is 0 Å². The van der Waals surface area contributed by atoms with Gasteiger partial charge in [0.1, 0.15) is 21.9 Å². The largest absolute Gasteiger partial charge is 0.466 e. The summed E-state index contributed by atoms with van der Waals surface area (Å²) in [5.41, 5.74) is 3.76. The van der Waals surface area contributed by atoms with Crippen LogP contribution in [0.3, 0.4) is 0 Å². The molecule has 1 N–H and O–H groups in total. The third kappa shape index (κ3) is 5.00. The van der Waals surface area contributed by atoms with Crippen molar-refractivity contribution in [1.82, 2.24) is 29.5 Å². The highest BCUT2D eigenvalue weighted by molar-refractivity contribution is 7.99. The van der Waals surface area contributed by atoms with Crippen molar-refractivity contribution in [3.05, 3.63) is 48.8 Å². The Balaban J connectivity index is 1.28. The van der Waals surface area contributed by atoms with Crippen molar-refractivity contribution in [3.8, 4) is 0 Å². The smallest absolute Gasteiger partial charge is 0.305 e. The first kappa shape index (κ1) is 22.6. The number of benzene rings is 1. The van der Waals surface area contributed by atoms with E-state index in [2.05, 4.69) is 53.0 Å². The van der Waals surface area contributed by atoms with E-state index in [0.717, 1.165) is 56.1 Å². The summed E-state index contributed by atoms with van der Waals surface area (Å²) in [5.74, 6) is 1.50. The predicted molar refractivity (Wildman–Crippen MR) is 132 cm³/mol. The Bertz CT molecular complexity index is 1330. The summed E-state index contributed by atoms with van der Waals surface area (Å²) in [6, 6.07) is 6.36. The summed E-state index contributed by atoms with van der Waals surface area (Å²) in [6.45, 7) is 2.90. The van der Waals surface area contributed by atoms with Crippen molar-refractivity contribution in [3.63, 3.8) is 0 Å². The Hall–Kier alpha value is -3.18. The van der Waals surface area contributed by atoms with Gasteiger partial charge in [-0.25, -0.2) is 24.9 Å². The number of anilines is 2. The number of aromatic nitrogens is 6. The molecule has 0 aliphatic carbocycles. The van der Waals surface area contributed by atoms with Gasteiger partial charge in [0, 0.05) is 30.3 Å². The lowest BCUT2D eigenvalue weighted by atomic mass is 10.2. The number of esters is 1. The van der Waals surface area contributed by atoms with Crippen LogP contribution in [0, 0.1) is 0 Å². The summed E-state index contributed by atoms with van der Waals surface area (Å²) < 4.78 is 7.07. The molecule has 3 aromatic heterocycles. The molecule has 174 valence electrons. The van der Waals surface area contributed by atoms with Crippen LogP contribution in [0.15, 0.2) is 58.2 Å². The maximum absolute atomic E-state index is 11.5. The number of carbonyl (C=O) groups excluding carboxylic acids is 1. The number of imidazole rings is 1. The topological polar surface area (TPSA) is 108 Å². The van der Waals surface area contributed by atoms with E-state index in [1.54, 1.807) is 42.2 Å². The van der Waals surface area contributed by atoms with Crippen LogP contribution < -0.4 is 5.32 Å². The van der Waals surface area contributed by atoms with Crippen molar-refractivity contribution >= 4 is 52.2 Å². The zero-order valence-corrected chi connectivity index (χ0v) is 20.2. The molecule has 0 saturated carbocycles. The van der Waals surface area contributed by atoms with E-state index in [4.69, 9.17) is 4.74 Å². The number of rotatable bonds is 9. The molecule has 4 heterocycles. The SMILES string of the molecule is CCOC(=O)CCCCSc1ncnc2ncn(Cc3ccc4c(c3)Nc3nccnc3S4)c12. The molecule has 0 bridgehead atoms. The molecule has 1 aliphatic heterocycles. The third-order valence-electron chi connectivity index (χ3n) is 5.22. The van der Waals surface area contributed by atoms with E-state index in [1.165, 1.54) is 0 Å². The first-order valence-corrected chi connectivity index (χ1v) is 12.8. The predicted octanol–water partition coefficient (Wildman–Crippen LogP) is 4.70. The fourth-order valence-electron chi connectivity index (χ4n) is 3.66. The van der Waals surface area contributed by atoms with E-state index >= 15 is 0 Å². The Labute approximate surface area is 205 Å². The molecule has 0 saturated heterocycles. The van der Waals surface area contributed by atoms with Crippen LogP contribution in [0.1, 0.15) is 31.7 Å². The van der Waals surface area contributed by atoms with Crippen LogP contribution in [-0.2, 0) is 16.1 Å². The molecule has 1 aromatic carbocycles. The fraction of sp³-hybridized carbons (Fsp3) is 0.304. The molecular weight excluding hydrogens is 470 g/mol. The van der Waals surface area contributed by atoms with E-state index in [1.807, 2.05) is 13.3 Å². The highest BCUT2D eigenvalue weighted by Crippen LogP contribution is 2.42. The molecule has 0 spiro atoms. The lowest BCUT2D eigenvalue weighted by Crippen LogP contribution is -2.05. The fourth-order valence-corrected chi connectivity index (χ4v) is 5.54. The minimum Gasteiger partial charge on any atom is -0.466 e. The Kier molecular flexibility index (Phi) is 6.91. The normalized spacial score (nSPS) is 12.1. The number of fused-ring (bicyclic) bond motifs is 3. The molecule has 1 aliphatic rings. The van der Waals surface area contributed by atoms with Crippen LogP contribution in [0.4, 0.5) is 11.5 Å². The van der Waals surface area contributed by atoms with Crippen molar-refractivity contribution in [2.24, 2.45) is 0 Å². The summed E-state index contributed by atoms with van der Waals surface area (Å²) in [7, 11) is 0. The van der Waals surface area contributed by atoms with Crippen molar-refractivity contribution < 1.29 is 9.53 Å². The zero-order chi connectivity index (χ0) is 23.3. The van der Waals surface area contributed by atoms with Crippen LogP contribution in [0.2, 0.25) is 0 Å². The standard InChI is InChI=1S/C23H23N7O2S2/c1-2-32-18(31)5-3-4-10-33-22-19-20(26-13-27-22)28-14-30(19)12-15-6-7-17-16(11-15)29-21-23(34-17)25-9-8-24-21/h6-9,11,13-14H,2-5,10,12H2,1H3,(H,24,29). The number of hydrogen-bond donors (Lipinski definition) is 1. The molecule has 0 atom stereocenters. The zero-order valence-electron chi connectivity index (χ0n) is 18.6. The van der Waals surface area contributed by atoms with E-state index in [0.29, 0.717) is 25.2 Å². The molecule has 0 fully saturated rings. The highest BCUT2D eigenvalue weighted by atomic mass is 32.2. The lowest BCUT2D eigenvalue weighted by Gasteiger charge is -2.19. The lowest BCUT2D eigenvalue weighted by molar-refractivity contribution is -0.143. The third-order valence-corrected chi connectivity index (χ3v) is 7.35. The second kappa shape index (κ2) is 10.4. The minimum atomic E-state index is -0.136.